The van der Waals surface area contributed by atoms with Gasteiger partial charge in [-0.25, -0.2) is 4.79 Å². The van der Waals surface area contributed by atoms with Crippen LogP contribution in [0, 0.1) is 18.8 Å². The Hall–Kier alpha value is -1.22. The zero-order chi connectivity index (χ0) is 21.4. The Bertz CT molecular complexity index is 575. The summed E-state index contributed by atoms with van der Waals surface area (Å²) in [5, 5.41) is 18.3. The van der Waals surface area contributed by atoms with Gasteiger partial charge in [0, 0.05) is 10.1 Å². The molecule has 0 bridgehead atoms. The molecule has 3 nitrogen and oxygen atoms in total. The fourth-order valence-corrected chi connectivity index (χ4v) is 4.40. The number of carbonyl (C=O) groups is 1. The monoisotopic (exact) mass is 424 g/mol. The van der Waals surface area contributed by atoms with E-state index in [-0.39, 0.29) is 6.10 Å². The van der Waals surface area contributed by atoms with Crippen LogP contribution in [0.4, 0.5) is 0 Å². The van der Waals surface area contributed by atoms with Gasteiger partial charge in [-0.2, -0.15) is 12.6 Å². The Morgan fingerprint density at radius 2 is 2.07 bits per heavy atom. The number of hydrogen-bond acceptors (Lipinski definition) is 4. The summed E-state index contributed by atoms with van der Waals surface area (Å²) >= 11 is 5.86. The zero-order valence-corrected chi connectivity index (χ0v) is 18.9. The normalized spacial score (nSPS) is 19.4. The molecule has 0 unspecified atom stereocenters. The highest BCUT2D eigenvalue weighted by Crippen LogP contribution is 2.30. The second kappa shape index (κ2) is 16.7. The van der Waals surface area contributed by atoms with Crippen molar-refractivity contribution in [1.29, 1.82) is 0 Å². The third-order valence-corrected chi connectivity index (χ3v) is 6.07. The zero-order valence-electron chi connectivity index (χ0n) is 17.2. The molecule has 5 heteroatoms. The van der Waals surface area contributed by atoms with Crippen LogP contribution in [0.1, 0.15) is 79.8 Å². The number of hydrogen-bond donors (Lipinski definition) is 3. The first-order chi connectivity index (χ1) is 13.4. The second-order valence-corrected chi connectivity index (χ2v) is 9.01. The van der Waals surface area contributed by atoms with Gasteiger partial charge in [0.15, 0.2) is 0 Å². The van der Waals surface area contributed by atoms with E-state index in [0.29, 0.717) is 10.1 Å². The van der Waals surface area contributed by atoms with Crippen LogP contribution in [0.25, 0.3) is 0 Å². The molecule has 0 aliphatic heterocycles. The van der Waals surface area contributed by atoms with E-state index >= 15 is 0 Å². The van der Waals surface area contributed by atoms with Crippen LogP contribution in [0.2, 0.25) is 0 Å². The molecule has 1 heterocycles. The summed E-state index contributed by atoms with van der Waals surface area (Å²) < 4.78 is 0. The number of aryl methyl sites for hydroxylation is 1. The lowest BCUT2D eigenvalue weighted by atomic mass is 10.1. The number of allylic oxidation sites excluding steroid dienone is 2. The fourth-order valence-electron chi connectivity index (χ4n) is 3.03. The molecule has 1 aliphatic rings. The second-order valence-electron chi connectivity index (χ2n) is 7.11. The largest absolute Gasteiger partial charge is 0.477 e. The van der Waals surface area contributed by atoms with E-state index < -0.39 is 5.97 Å². The molecular weight excluding hydrogens is 388 g/mol. The minimum Gasteiger partial charge on any atom is -0.477 e. The van der Waals surface area contributed by atoms with E-state index in [1.165, 1.54) is 43.4 Å². The molecule has 158 valence electrons. The summed E-state index contributed by atoms with van der Waals surface area (Å²) in [6.07, 6.45) is 22.9. The summed E-state index contributed by atoms with van der Waals surface area (Å²) in [6.45, 7) is 3.95. The summed E-state index contributed by atoms with van der Waals surface area (Å²) in [5.41, 5.74) is 0. The first-order valence-electron chi connectivity index (χ1n) is 10.1. The van der Waals surface area contributed by atoms with Crippen LogP contribution in [-0.2, 0) is 6.42 Å². The summed E-state index contributed by atoms with van der Waals surface area (Å²) in [5.74, 6) is -0.0402. The summed E-state index contributed by atoms with van der Waals surface area (Å²) in [7, 11) is 0. The maximum absolute atomic E-state index is 10.4. The predicted molar refractivity (Wildman–Crippen MR) is 125 cm³/mol. The molecule has 1 fully saturated rings. The van der Waals surface area contributed by atoms with Crippen molar-refractivity contribution in [2.24, 2.45) is 5.92 Å². The predicted octanol–water partition coefficient (Wildman–Crippen LogP) is 6.23. The average molecular weight is 425 g/mol. The Labute approximate surface area is 180 Å². The van der Waals surface area contributed by atoms with Gasteiger partial charge in [0.2, 0.25) is 0 Å². The molecule has 0 saturated heterocycles. The van der Waals surface area contributed by atoms with E-state index in [1.807, 2.05) is 13.0 Å². The number of thiol groups is 1. The molecule has 0 amide bonds. The van der Waals surface area contributed by atoms with Gasteiger partial charge in [-0.15, -0.1) is 24.2 Å². The number of thiophene rings is 1. The maximum Gasteiger partial charge on any atom is 0.345 e. The number of terminal acetylenes is 1. The van der Waals surface area contributed by atoms with E-state index in [2.05, 4.69) is 44.6 Å². The van der Waals surface area contributed by atoms with Gasteiger partial charge in [-0.3, -0.25) is 0 Å². The lowest BCUT2D eigenvalue weighted by Gasteiger charge is -2.03. The first-order valence-corrected chi connectivity index (χ1v) is 11.4. The molecule has 1 aromatic rings. The van der Waals surface area contributed by atoms with Gasteiger partial charge >= 0.3 is 5.97 Å². The molecule has 2 N–H and O–H groups in total. The standard InChI is InChI=1S/C13H24OS.C8H10O2S.C2H2/c1-11(14)6-4-2-3-5-7-12-8-9-13(15)10-12;1-2-3-6-4-5-7(11-6)8(9)10;1-2/h5,7,11-15H,2-4,6,8-10H2,1H3;4-5H,2-3H2,1H3,(H,9,10);1-2H/b7-5+;;/t11-,12+,13-;;/m1../s1. The van der Waals surface area contributed by atoms with Gasteiger partial charge in [-0.05, 0) is 69.9 Å². The smallest absolute Gasteiger partial charge is 0.345 e. The van der Waals surface area contributed by atoms with E-state index in [9.17, 15) is 4.79 Å². The van der Waals surface area contributed by atoms with Crippen molar-refractivity contribution in [1.82, 2.24) is 0 Å². The van der Waals surface area contributed by atoms with Crippen molar-refractivity contribution in [3.8, 4) is 12.8 Å². The van der Waals surface area contributed by atoms with Crippen LogP contribution in [0.15, 0.2) is 24.3 Å². The number of aliphatic hydroxyl groups excluding tert-OH is 1. The van der Waals surface area contributed by atoms with Gasteiger partial charge in [0.25, 0.3) is 0 Å². The minimum absolute atomic E-state index is 0.131. The van der Waals surface area contributed by atoms with E-state index in [4.69, 9.17) is 10.2 Å². The van der Waals surface area contributed by atoms with Crippen molar-refractivity contribution in [3.05, 3.63) is 34.0 Å². The third kappa shape index (κ3) is 13.0. The Kier molecular flexibility index (Phi) is 16.0. The maximum atomic E-state index is 10.4. The van der Waals surface area contributed by atoms with Crippen molar-refractivity contribution in [2.75, 3.05) is 0 Å². The molecule has 28 heavy (non-hydrogen) atoms. The van der Waals surface area contributed by atoms with Crippen molar-refractivity contribution >= 4 is 29.9 Å². The molecule has 0 aromatic carbocycles. The molecule has 1 aromatic heterocycles. The highest BCUT2D eigenvalue weighted by molar-refractivity contribution is 7.80. The van der Waals surface area contributed by atoms with Gasteiger partial charge < -0.3 is 10.2 Å². The van der Waals surface area contributed by atoms with Crippen molar-refractivity contribution < 1.29 is 15.0 Å². The molecule has 1 saturated carbocycles. The Morgan fingerprint density at radius 3 is 2.57 bits per heavy atom. The molecule has 0 radical (unpaired) electrons. The first kappa shape index (κ1) is 26.8. The lowest BCUT2D eigenvalue weighted by molar-refractivity contribution is 0.0702. The summed E-state index contributed by atoms with van der Waals surface area (Å²) in [6, 6.07) is 3.55. The molecule has 2 rings (SSSR count). The lowest BCUT2D eigenvalue weighted by Crippen LogP contribution is -1.97. The average Bonchev–Trinajstić information content (AvgIpc) is 3.30. The van der Waals surface area contributed by atoms with Gasteiger partial charge in [0.1, 0.15) is 4.88 Å². The molecule has 1 aliphatic carbocycles. The van der Waals surface area contributed by atoms with Crippen LogP contribution in [0.5, 0.6) is 0 Å². The third-order valence-electron chi connectivity index (χ3n) is 4.47. The number of aromatic carboxylic acids is 1. The number of carboxylic acids is 1. The van der Waals surface area contributed by atoms with Crippen molar-refractivity contribution in [2.45, 2.75) is 83.0 Å². The molecule has 0 spiro atoms. The minimum atomic E-state index is -0.822. The highest BCUT2D eigenvalue weighted by Gasteiger charge is 2.18. The number of unbranched alkanes of at least 4 members (excludes halogenated alkanes) is 2. The van der Waals surface area contributed by atoms with Crippen LogP contribution < -0.4 is 0 Å². The fraction of sp³-hybridized carbons (Fsp3) is 0.609. The van der Waals surface area contributed by atoms with Crippen LogP contribution in [-0.4, -0.2) is 27.5 Å². The molecule has 3 atom stereocenters. The Balaban J connectivity index is 0.000000497. The van der Waals surface area contributed by atoms with Crippen LogP contribution >= 0.6 is 24.0 Å². The van der Waals surface area contributed by atoms with Gasteiger partial charge in [0.05, 0.1) is 6.10 Å². The number of aliphatic hydroxyl groups is 1. The number of rotatable bonds is 9. The topological polar surface area (TPSA) is 57.5 Å². The molecular formula is C23H36O3S2. The Morgan fingerprint density at radius 1 is 1.36 bits per heavy atom. The summed E-state index contributed by atoms with van der Waals surface area (Å²) in [4.78, 5) is 12.0. The quantitative estimate of drug-likeness (QED) is 0.191. The highest BCUT2D eigenvalue weighted by atomic mass is 32.1. The SMILES string of the molecule is C#C.CCCc1ccc(C(=O)O)s1.C[C@@H](O)CCCC/C=C/[C@H]1CC[C@@H](S)C1. The van der Waals surface area contributed by atoms with E-state index in [0.717, 1.165) is 36.5 Å². The van der Waals surface area contributed by atoms with E-state index in [1.54, 1.807) is 6.07 Å². The van der Waals surface area contributed by atoms with Crippen LogP contribution in [0.3, 0.4) is 0 Å². The van der Waals surface area contributed by atoms with Gasteiger partial charge in [-0.1, -0.05) is 31.9 Å². The van der Waals surface area contributed by atoms with Crippen molar-refractivity contribution in [3.63, 3.8) is 0 Å². The number of carboxylic acid groups (broad SMARTS) is 1.